The zero-order chi connectivity index (χ0) is 20.0. The lowest BCUT2D eigenvalue weighted by Gasteiger charge is -2.33. The molecule has 0 saturated carbocycles. The maximum atomic E-state index is 13.0. The van der Waals surface area contributed by atoms with E-state index in [1.165, 1.54) is 6.07 Å². The maximum Gasteiger partial charge on any atom is 0.416 e. The van der Waals surface area contributed by atoms with Gasteiger partial charge in [0.15, 0.2) is 0 Å². The first kappa shape index (κ1) is 21.3. The minimum Gasteiger partial charge on any atom is -0.385 e. The van der Waals surface area contributed by atoms with Gasteiger partial charge in [0.25, 0.3) is 0 Å². The number of anilines is 1. The zero-order valence-electron chi connectivity index (χ0n) is 16.4. The summed E-state index contributed by atoms with van der Waals surface area (Å²) in [5.74, 6) is 1.45. The molecule has 0 aromatic heterocycles. The van der Waals surface area contributed by atoms with E-state index < -0.39 is 11.7 Å². The normalized spacial score (nSPS) is 21.7. The van der Waals surface area contributed by atoms with Crippen molar-refractivity contribution in [1.29, 1.82) is 0 Å². The molecule has 0 radical (unpaired) electrons. The molecule has 0 amide bonds. The third-order valence-corrected chi connectivity index (χ3v) is 5.23. The third kappa shape index (κ3) is 5.71. The second-order valence-corrected chi connectivity index (χ2v) is 7.23. The van der Waals surface area contributed by atoms with Crippen LogP contribution in [0.2, 0.25) is 0 Å². The Hall–Kier alpha value is -2.05. The van der Waals surface area contributed by atoms with Crippen molar-refractivity contribution in [3.8, 4) is 0 Å². The summed E-state index contributed by atoms with van der Waals surface area (Å²) in [5.41, 5.74) is 1.02. The van der Waals surface area contributed by atoms with Crippen LogP contribution in [-0.4, -0.2) is 32.3 Å². The lowest BCUT2D eigenvalue weighted by molar-refractivity contribution is -0.137. The molecule has 4 nitrogen and oxygen atoms in total. The van der Waals surface area contributed by atoms with E-state index in [4.69, 9.17) is 0 Å². The van der Waals surface area contributed by atoms with E-state index in [0.717, 1.165) is 43.2 Å². The number of benzene rings is 1. The van der Waals surface area contributed by atoms with E-state index in [2.05, 4.69) is 27.5 Å². The summed E-state index contributed by atoms with van der Waals surface area (Å²) in [6, 6.07) is 4.01. The fourth-order valence-electron chi connectivity index (χ4n) is 3.47. The molecular weight excluding hydrogens is 353 g/mol. The first-order valence-corrected chi connectivity index (χ1v) is 9.40. The largest absolute Gasteiger partial charge is 0.416 e. The van der Waals surface area contributed by atoms with Crippen molar-refractivity contribution in [3.63, 3.8) is 0 Å². The Morgan fingerprint density at radius 1 is 1.41 bits per heavy atom. The van der Waals surface area contributed by atoms with Crippen LogP contribution in [-0.2, 0) is 6.18 Å². The molecular formula is C20H29F3N4. The molecule has 7 heteroatoms. The number of nitrogens with one attached hydrogen (secondary N) is 2. The van der Waals surface area contributed by atoms with Gasteiger partial charge in [0.05, 0.1) is 5.56 Å². The van der Waals surface area contributed by atoms with E-state index in [1.54, 1.807) is 19.3 Å². The van der Waals surface area contributed by atoms with Gasteiger partial charge in [-0.3, -0.25) is 4.99 Å². The quantitative estimate of drug-likeness (QED) is 0.560. The lowest BCUT2D eigenvalue weighted by atomic mass is 9.79. The molecule has 1 aliphatic heterocycles. The lowest BCUT2D eigenvalue weighted by Crippen LogP contribution is -2.29. The van der Waals surface area contributed by atoms with Gasteiger partial charge in [-0.1, -0.05) is 13.8 Å². The average Bonchev–Trinajstić information content (AvgIpc) is 2.63. The first-order chi connectivity index (χ1) is 12.8. The van der Waals surface area contributed by atoms with Crippen molar-refractivity contribution in [1.82, 2.24) is 5.32 Å². The molecule has 1 aromatic carbocycles. The number of hydrogen-bond donors (Lipinski definition) is 2. The minimum atomic E-state index is -4.30. The van der Waals surface area contributed by atoms with Gasteiger partial charge in [-0.25, -0.2) is 4.99 Å². The molecule has 1 aromatic rings. The van der Waals surface area contributed by atoms with Gasteiger partial charge >= 0.3 is 6.18 Å². The predicted octanol–water partition coefficient (Wildman–Crippen LogP) is 4.93. The first-order valence-electron chi connectivity index (χ1n) is 9.40. The molecule has 150 valence electrons. The smallest absolute Gasteiger partial charge is 0.385 e. The number of guanidine groups is 1. The average molecular weight is 382 g/mol. The van der Waals surface area contributed by atoms with Crippen LogP contribution in [0.15, 0.2) is 28.2 Å². The maximum absolute atomic E-state index is 13.0. The van der Waals surface area contributed by atoms with Crippen LogP contribution >= 0.6 is 0 Å². The van der Waals surface area contributed by atoms with E-state index in [9.17, 15) is 13.2 Å². The molecule has 2 N–H and O–H groups in total. The van der Waals surface area contributed by atoms with Crippen molar-refractivity contribution < 1.29 is 13.2 Å². The molecule has 0 saturated heterocycles. The highest BCUT2D eigenvalue weighted by Crippen LogP contribution is 2.40. The van der Waals surface area contributed by atoms with E-state index in [-0.39, 0.29) is 5.92 Å². The molecule has 1 aliphatic rings. The molecule has 27 heavy (non-hydrogen) atoms. The van der Waals surface area contributed by atoms with Gasteiger partial charge in [0.2, 0.25) is 5.96 Å². The van der Waals surface area contributed by atoms with Gasteiger partial charge in [0.1, 0.15) is 0 Å². The summed E-state index contributed by atoms with van der Waals surface area (Å²) >= 11 is 0. The Labute approximate surface area is 159 Å². The van der Waals surface area contributed by atoms with Gasteiger partial charge in [0, 0.05) is 32.0 Å². The molecule has 2 rings (SSSR count). The third-order valence-electron chi connectivity index (χ3n) is 5.23. The summed E-state index contributed by atoms with van der Waals surface area (Å²) in [4.78, 5) is 8.21. The zero-order valence-corrected chi connectivity index (χ0v) is 16.4. The van der Waals surface area contributed by atoms with Crippen LogP contribution in [0, 0.1) is 11.8 Å². The Kier molecular flexibility index (Phi) is 7.27. The molecule has 0 spiro atoms. The van der Waals surface area contributed by atoms with E-state index in [1.807, 2.05) is 13.8 Å². The van der Waals surface area contributed by atoms with Crippen LogP contribution in [0.5, 0.6) is 0 Å². The minimum absolute atomic E-state index is 0.0983. The fraction of sp³-hybridized carbons (Fsp3) is 0.600. The highest BCUT2D eigenvalue weighted by atomic mass is 19.4. The molecule has 0 fully saturated rings. The summed E-state index contributed by atoms with van der Waals surface area (Å²) in [5, 5.41) is 6.52. The van der Waals surface area contributed by atoms with Crippen LogP contribution in [0.3, 0.4) is 0 Å². The summed E-state index contributed by atoms with van der Waals surface area (Å²) in [6.07, 6.45) is -0.656. The summed E-state index contributed by atoms with van der Waals surface area (Å²) in [6.45, 7) is 7.60. The topological polar surface area (TPSA) is 48.8 Å². The van der Waals surface area contributed by atoms with Gasteiger partial charge in [-0.15, -0.1) is 0 Å². The fourth-order valence-corrected chi connectivity index (χ4v) is 3.47. The number of fused-ring (bicyclic) bond motifs is 1. The number of aliphatic imine (C=N–C) groups is 2. The van der Waals surface area contributed by atoms with Crippen molar-refractivity contribution in [3.05, 3.63) is 29.3 Å². The Morgan fingerprint density at radius 2 is 2.15 bits per heavy atom. The number of hydrogen-bond acceptors (Lipinski definition) is 2. The molecule has 0 bridgehead atoms. The van der Waals surface area contributed by atoms with Gasteiger partial charge in [-0.2, -0.15) is 13.2 Å². The summed E-state index contributed by atoms with van der Waals surface area (Å²) in [7, 11) is 1.70. The van der Waals surface area contributed by atoms with Gasteiger partial charge < -0.3 is 10.6 Å². The van der Waals surface area contributed by atoms with Crippen LogP contribution in [0.4, 0.5) is 18.9 Å². The van der Waals surface area contributed by atoms with Crippen LogP contribution in [0.25, 0.3) is 0 Å². The number of nitrogens with zero attached hydrogens (tertiary/aromatic N) is 2. The number of rotatable bonds is 5. The van der Waals surface area contributed by atoms with Crippen molar-refractivity contribution in [2.75, 3.05) is 25.5 Å². The number of alkyl halides is 3. The predicted molar refractivity (Wildman–Crippen MR) is 106 cm³/mol. The monoisotopic (exact) mass is 382 g/mol. The highest BCUT2D eigenvalue weighted by Gasteiger charge is 2.33. The van der Waals surface area contributed by atoms with E-state index >= 15 is 0 Å². The SMILES string of the molecule is C/C=N\C(=NC)NCC(C)CCC1CNc2ccc(C(F)(F)F)cc2C1C. The van der Waals surface area contributed by atoms with E-state index in [0.29, 0.717) is 17.8 Å². The Morgan fingerprint density at radius 3 is 2.78 bits per heavy atom. The second kappa shape index (κ2) is 9.24. The van der Waals surface area contributed by atoms with Gasteiger partial charge in [-0.05, 0) is 61.3 Å². The second-order valence-electron chi connectivity index (χ2n) is 7.23. The van der Waals surface area contributed by atoms with Crippen molar-refractivity contribution in [2.45, 2.75) is 45.7 Å². The summed E-state index contributed by atoms with van der Waals surface area (Å²) < 4.78 is 39.1. The van der Waals surface area contributed by atoms with Crippen LogP contribution < -0.4 is 10.6 Å². The Balaban J connectivity index is 1.94. The standard InChI is InChI=1S/C20H29F3N4/c1-5-25-19(24-4)27-11-13(2)6-7-15-12-26-18-9-8-16(20(21,22)23)10-17(18)14(15)3/h5,8-10,13-15,26H,6-7,11-12H2,1-4H3,(H,24,27)/b25-5-. The molecule has 0 aliphatic carbocycles. The highest BCUT2D eigenvalue weighted by molar-refractivity contribution is 5.87. The molecule has 3 unspecified atom stereocenters. The van der Waals surface area contributed by atoms with Crippen molar-refractivity contribution in [2.24, 2.45) is 21.8 Å². The van der Waals surface area contributed by atoms with Crippen LogP contribution in [0.1, 0.15) is 50.7 Å². The Bertz CT molecular complexity index is 682. The number of halogens is 3. The van der Waals surface area contributed by atoms with Crippen molar-refractivity contribution >= 4 is 17.9 Å². The molecule has 1 heterocycles. The molecule has 3 atom stereocenters.